The molecule has 0 amide bonds. The summed E-state index contributed by atoms with van der Waals surface area (Å²) in [6.07, 6.45) is 1.18. The zero-order valence-corrected chi connectivity index (χ0v) is 17.2. The lowest BCUT2D eigenvalue weighted by molar-refractivity contribution is -0.118. The number of hydrogen-bond acceptors (Lipinski definition) is 5. The highest BCUT2D eigenvalue weighted by atomic mass is 16.5. The molecule has 2 aromatic carbocycles. The van der Waals surface area contributed by atoms with Gasteiger partial charge in [0.15, 0.2) is 5.78 Å². The number of ketones is 1. The largest absolute Gasteiger partial charge is 0.489 e. The van der Waals surface area contributed by atoms with E-state index in [-0.39, 0.29) is 11.2 Å². The Morgan fingerprint density at radius 2 is 1.83 bits per heavy atom. The average molecular weight is 399 g/mol. The number of hydrogen-bond donors (Lipinski definition) is 2. The van der Waals surface area contributed by atoms with Crippen LogP contribution in [0.1, 0.15) is 43.7 Å². The average Bonchev–Trinajstić information content (AvgIpc) is 2.71. The zero-order chi connectivity index (χ0) is 21.3. The van der Waals surface area contributed by atoms with Crippen molar-refractivity contribution in [1.82, 2.24) is 5.32 Å². The van der Waals surface area contributed by atoms with E-state index in [2.05, 4.69) is 25.2 Å². The Bertz CT molecular complexity index is 1070. The van der Waals surface area contributed by atoms with Gasteiger partial charge in [0.2, 0.25) is 0 Å². The first-order valence-electron chi connectivity index (χ1n) is 10.1. The summed E-state index contributed by atoms with van der Waals surface area (Å²) in [5.74, 6) is 0.690. The maximum absolute atomic E-state index is 13.0. The number of nitrogens with one attached hydrogen (secondary N) is 1. The van der Waals surface area contributed by atoms with Crippen LogP contribution in [0.25, 0.3) is 0 Å². The minimum Gasteiger partial charge on any atom is -0.489 e. The summed E-state index contributed by atoms with van der Waals surface area (Å²) < 4.78 is 5.87. The maximum Gasteiger partial charge on any atom is 0.162 e. The van der Waals surface area contributed by atoms with Crippen LogP contribution in [0, 0.1) is 16.7 Å². The van der Waals surface area contributed by atoms with Crippen LogP contribution >= 0.6 is 0 Å². The molecule has 1 atom stereocenters. The summed E-state index contributed by atoms with van der Waals surface area (Å²) >= 11 is 0. The first-order valence-corrected chi connectivity index (χ1v) is 10.1. The van der Waals surface area contributed by atoms with Crippen molar-refractivity contribution in [3.8, 4) is 11.8 Å². The van der Waals surface area contributed by atoms with E-state index in [1.807, 2.05) is 54.6 Å². The number of nitrogens with two attached hydrogens (primary N) is 1. The number of carbonyl (C=O) groups excluding carboxylic acids is 1. The predicted molar refractivity (Wildman–Crippen MR) is 115 cm³/mol. The number of allylic oxidation sites excluding steroid dienone is 3. The van der Waals surface area contributed by atoms with Gasteiger partial charge in [-0.1, -0.05) is 56.3 Å². The van der Waals surface area contributed by atoms with Crippen LogP contribution in [0.5, 0.6) is 5.75 Å². The van der Waals surface area contributed by atoms with Crippen molar-refractivity contribution in [2.45, 2.75) is 39.2 Å². The van der Waals surface area contributed by atoms with Crippen molar-refractivity contribution in [2.75, 3.05) is 0 Å². The summed E-state index contributed by atoms with van der Waals surface area (Å²) in [5, 5.41) is 12.9. The highest BCUT2D eigenvalue weighted by molar-refractivity contribution is 6.00. The second-order valence-corrected chi connectivity index (χ2v) is 8.67. The van der Waals surface area contributed by atoms with Crippen molar-refractivity contribution >= 4 is 5.78 Å². The topological polar surface area (TPSA) is 88.1 Å². The summed E-state index contributed by atoms with van der Waals surface area (Å²) in [6, 6.07) is 19.8. The van der Waals surface area contributed by atoms with Gasteiger partial charge in [0.25, 0.3) is 0 Å². The van der Waals surface area contributed by atoms with E-state index in [1.54, 1.807) is 0 Å². The fourth-order valence-corrected chi connectivity index (χ4v) is 4.27. The first kappa shape index (κ1) is 19.8. The summed E-state index contributed by atoms with van der Waals surface area (Å²) in [4.78, 5) is 13.0. The SMILES string of the molecule is CC1(C)CC(=O)C2=C(C1)NC(N)=C(C#N)[C@@H]2c1ccc(OCc2ccccc2)cc1. The monoisotopic (exact) mass is 399 g/mol. The quantitative estimate of drug-likeness (QED) is 0.801. The van der Waals surface area contributed by atoms with E-state index >= 15 is 0 Å². The number of benzene rings is 2. The van der Waals surface area contributed by atoms with Gasteiger partial charge in [0.1, 0.15) is 18.2 Å². The van der Waals surface area contributed by atoms with Crippen molar-refractivity contribution in [3.63, 3.8) is 0 Å². The van der Waals surface area contributed by atoms with E-state index in [9.17, 15) is 10.1 Å². The standard InChI is InChI=1S/C25H25N3O2/c1-25(2)12-20-23(21(29)13-25)22(19(14-26)24(27)28-20)17-8-10-18(11-9-17)30-15-16-6-4-3-5-7-16/h3-11,22,28H,12-13,15,27H2,1-2H3/t22-/m0/s1. The molecule has 0 saturated heterocycles. The Morgan fingerprint density at radius 3 is 2.50 bits per heavy atom. The predicted octanol–water partition coefficient (Wildman–Crippen LogP) is 4.29. The molecule has 1 aliphatic carbocycles. The molecule has 0 aromatic heterocycles. The molecule has 2 aliphatic rings. The van der Waals surface area contributed by atoms with Crippen molar-refractivity contribution in [1.29, 1.82) is 5.26 Å². The van der Waals surface area contributed by atoms with Gasteiger partial charge in [0, 0.05) is 17.7 Å². The fraction of sp³-hybridized carbons (Fsp3) is 0.280. The van der Waals surface area contributed by atoms with Crippen LogP contribution in [-0.4, -0.2) is 5.78 Å². The molecule has 30 heavy (non-hydrogen) atoms. The second kappa shape index (κ2) is 7.72. The third-order valence-electron chi connectivity index (χ3n) is 5.66. The molecule has 152 valence electrons. The summed E-state index contributed by atoms with van der Waals surface area (Å²) in [5.41, 5.74) is 9.89. The number of carbonyl (C=O) groups is 1. The maximum atomic E-state index is 13.0. The zero-order valence-electron chi connectivity index (χ0n) is 17.2. The summed E-state index contributed by atoms with van der Waals surface area (Å²) in [7, 11) is 0. The third kappa shape index (κ3) is 3.81. The molecule has 0 radical (unpaired) electrons. The van der Waals surface area contributed by atoms with Crippen molar-refractivity contribution < 1.29 is 9.53 Å². The number of Topliss-reactive ketones (excluding diaryl/α,β-unsaturated/α-hetero) is 1. The van der Waals surface area contributed by atoms with Crippen LogP contribution in [0.4, 0.5) is 0 Å². The number of ether oxygens (including phenoxy) is 1. The van der Waals surface area contributed by atoms with Crippen molar-refractivity contribution in [3.05, 3.63) is 88.4 Å². The molecule has 5 heteroatoms. The molecule has 1 aliphatic heterocycles. The van der Waals surface area contributed by atoms with Gasteiger partial charge < -0.3 is 15.8 Å². The molecule has 4 rings (SSSR count). The van der Waals surface area contributed by atoms with Crippen LogP contribution in [-0.2, 0) is 11.4 Å². The Balaban J connectivity index is 1.63. The van der Waals surface area contributed by atoms with Gasteiger partial charge in [-0.2, -0.15) is 5.26 Å². The molecule has 1 heterocycles. The highest BCUT2D eigenvalue weighted by Crippen LogP contribution is 2.45. The van der Waals surface area contributed by atoms with Gasteiger partial charge in [-0.25, -0.2) is 0 Å². The number of rotatable bonds is 4. The number of nitrogens with zero attached hydrogens (tertiary/aromatic N) is 1. The Morgan fingerprint density at radius 1 is 1.13 bits per heavy atom. The van der Waals surface area contributed by atoms with E-state index in [4.69, 9.17) is 10.5 Å². The first-order chi connectivity index (χ1) is 14.4. The molecule has 0 saturated carbocycles. The summed E-state index contributed by atoms with van der Waals surface area (Å²) in [6.45, 7) is 4.63. The molecule has 0 spiro atoms. The minimum atomic E-state index is -0.446. The van der Waals surface area contributed by atoms with Gasteiger partial charge in [-0.3, -0.25) is 4.79 Å². The van der Waals surface area contributed by atoms with Crippen LogP contribution in [0.2, 0.25) is 0 Å². The molecule has 5 nitrogen and oxygen atoms in total. The number of nitriles is 1. The molecule has 0 bridgehead atoms. The fourth-order valence-electron chi connectivity index (χ4n) is 4.27. The normalized spacial score (nSPS) is 20.3. The molecule has 3 N–H and O–H groups in total. The molecular formula is C25H25N3O2. The van der Waals surface area contributed by atoms with Crippen LogP contribution < -0.4 is 15.8 Å². The van der Waals surface area contributed by atoms with Gasteiger partial charge in [-0.05, 0) is 35.1 Å². The van der Waals surface area contributed by atoms with E-state index in [0.717, 1.165) is 29.0 Å². The van der Waals surface area contributed by atoms with Gasteiger partial charge >= 0.3 is 0 Å². The lowest BCUT2D eigenvalue weighted by atomic mass is 9.69. The number of dihydropyridines is 1. The molecule has 0 fully saturated rings. The Labute approximate surface area is 176 Å². The minimum absolute atomic E-state index is 0.0726. The highest BCUT2D eigenvalue weighted by Gasteiger charge is 2.41. The van der Waals surface area contributed by atoms with Gasteiger partial charge in [-0.15, -0.1) is 0 Å². The molecule has 2 aromatic rings. The third-order valence-corrected chi connectivity index (χ3v) is 5.66. The molecule has 0 unspecified atom stereocenters. The second-order valence-electron chi connectivity index (χ2n) is 8.67. The van der Waals surface area contributed by atoms with Crippen LogP contribution in [0.15, 0.2) is 77.3 Å². The lowest BCUT2D eigenvalue weighted by Crippen LogP contribution is -2.39. The van der Waals surface area contributed by atoms with E-state index in [0.29, 0.717) is 30.0 Å². The smallest absolute Gasteiger partial charge is 0.162 e. The Kier molecular flexibility index (Phi) is 5.09. The van der Waals surface area contributed by atoms with Crippen LogP contribution in [0.3, 0.4) is 0 Å². The van der Waals surface area contributed by atoms with E-state index in [1.165, 1.54) is 0 Å². The Hall–Kier alpha value is -3.52. The van der Waals surface area contributed by atoms with E-state index < -0.39 is 5.92 Å². The lowest BCUT2D eigenvalue weighted by Gasteiger charge is -2.38. The molecular weight excluding hydrogens is 374 g/mol. The van der Waals surface area contributed by atoms with Crippen molar-refractivity contribution in [2.24, 2.45) is 11.1 Å². The van der Waals surface area contributed by atoms with Gasteiger partial charge in [0.05, 0.1) is 17.6 Å².